The highest BCUT2D eigenvalue weighted by molar-refractivity contribution is 9.09. The zero-order valence-corrected chi connectivity index (χ0v) is 12.8. The first-order chi connectivity index (χ1) is 8.49. The lowest BCUT2D eigenvalue weighted by molar-refractivity contribution is 0.427. The summed E-state index contributed by atoms with van der Waals surface area (Å²) in [5, 5.41) is 0. The Hall–Kier alpha value is -0.390. The van der Waals surface area contributed by atoms with E-state index in [1.807, 2.05) is 19.1 Å². The molecular weight excluding hydrogens is 314 g/mol. The van der Waals surface area contributed by atoms with E-state index >= 15 is 0 Å². The Morgan fingerprint density at radius 3 is 2.39 bits per heavy atom. The largest absolute Gasteiger partial charge is 0.240 e. The maximum Gasteiger partial charge on any atom is 0.240 e. The van der Waals surface area contributed by atoms with Gasteiger partial charge in [0.1, 0.15) is 0 Å². The predicted molar refractivity (Wildman–Crippen MR) is 76.5 cm³/mol. The lowest BCUT2D eigenvalue weighted by Gasteiger charge is -2.27. The highest BCUT2D eigenvalue weighted by Crippen LogP contribution is 2.25. The number of hydrogen-bond acceptors (Lipinski definition) is 2. The van der Waals surface area contributed by atoms with E-state index in [4.69, 9.17) is 0 Å². The summed E-state index contributed by atoms with van der Waals surface area (Å²) in [6.45, 7) is 1.94. The van der Waals surface area contributed by atoms with E-state index in [2.05, 4.69) is 20.7 Å². The molecule has 0 bridgehead atoms. The number of benzene rings is 1. The van der Waals surface area contributed by atoms with Gasteiger partial charge in [0, 0.05) is 10.9 Å². The highest BCUT2D eigenvalue weighted by Gasteiger charge is 2.27. The Kier molecular flexibility index (Phi) is 4.45. The SMILES string of the molecule is Cc1ccc(S(=O)(=O)N[C@@H]2CCCC[C@H]2Br)cc1. The second-order valence-electron chi connectivity index (χ2n) is 4.84. The number of nitrogens with one attached hydrogen (secondary N) is 1. The normalized spacial score (nSPS) is 25.0. The van der Waals surface area contributed by atoms with Crippen LogP contribution in [-0.2, 0) is 10.0 Å². The number of sulfonamides is 1. The van der Waals surface area contributed by atoms with E-state index in [-0.39, 0.29) is 10.9 Å². The van der Waals surface area contributed by atoms with Crippen LogP contribution in [0.3, 0.4) is 0 Å². The maximum absolute atomic E-state index is 12.2. The van der Waals surface area contributed by atoms with E-state index < -0.39 is 10.0 Å². The molecule has 0 aliphatic heterocycles. The van der Waals surface area contributed by atoms with Gasteiger partial charge in [-0.25, -0.2) is 13.1 Å². The lowest BCUT2D eigenvalue weighted by atomic mass is 9.96. The van der Waals surface area contributed by atoms with Gasteiger partial charge in [0.25, 0.3) is 0 Å². The van der Waals surface area contributed by atoms with Gasteiger partial charge in [0.05, 0.1) is 4.90 Å². The van der Waals surface area contributed by atoms with Crippen LogP contribution in [0.25, 0.3) is 0 Å². The number of aryl methyl sites for hydroxylation is 1. The van der Waals surface area contributed by atoms with Crippen molar-refractivity contribution in [1.82, 2.24) is 4.72 Å². The third-order valence-corrected chi connectivity index (χ3v) is 5.92. The molecule has 1 aromatic carbocycles. The predicted octanol–water partition coefficient (Wildman–Crippen LogP) is 2.98. The van der Waals surface area contributed by atoms with Crippen LogP contribution in [-0.4, -0.2) is 19.3 Å². The fourth-order valence-electron chi connectivity index (χ4n) is 2.20. The number of halogens is 1. The summed E-state index contributed by atoms with van der Waals surface area (Å²) < 4.78 is 27.3. The zero-order chi connectivity index (χ0) is 13.2. The minimum atomic E-state index is -3.39. The first-order valence-corrected chi connectivity index (χ1v) is 8.62. The molecule has 0 heterocycles. The Balaban J connectivity index is 2.13. The van der Waals surface area contributed by atoms with Gasteiger partial charge < -0.3 is 0 Å². The monoisotopic (exact) mass is 331 g/mol. The van der Waals surface area contributed by atoms with Crippen LogP contribution in [0.15, 0.2) is 29.2 Å². The molecule has 0 unspecified atom stereocenters. The van der Waals surface area contributed by atoms with Crippen molar-refractivity contribution in [1.29, 1.82) is 0 Å². The van der Waals surface area contributed by atoms with Gasteiger partial charge >= 0.3 is 0 Å². The fraction of sp³-hybridized carbons (Fsp3) is 0.538. The molecule has 2 atom stereocenters. The fourth-order valence-corrected chi connectivity index (χ4v) is 4.41. The molecule has 1 aromatic rings. The molecular formula is C13H18BrNO2S. The first kappa shape index (κ1) is 14.0. The van der Waals surface area contributed by atoms with Crippen LogP contribution >= 0.6 is 15.9 Å². The second kappa shape index (κ2) is 5.72. The Morgan fingerprint density at radius 1 is 1.17 bits per heavy atom. The lowest BCUT2D eigenvalue weighted by Crippen LogP contribution is -2.42. The number of alkyl halides is 1. The van der Waals surface area contributed by atoms with Crippen molar-refractivity contribution >= 4 is 26.0 Å². The molecule has 1 aliphatic rings. The van der Waals surface area contributed by atoms with Gasteiger partial charge in [-0.15, -0.1) is 0 Å². The molecule has 1 N–H and O–H groups in total. The summed E-state index contributed by atoms with van der Waals surface area (Å²) >= 11 is 3.56. The molecule has 3 nitrogen and oxygen atoms in total. The first-order valence-electron chi connectivity index (χ1n) is 6.22. The second-order valence-corrected chi connectivity index (χ2v) is 7.73. The molecule has 1 saturated carbocycles. The third-order valence-electron chi connectivity index (χ3n) is 3.32. The van der Waals surface area contributed by atoms with E-state index in [0.717, 1.165) is 24.8 Å². The molecule has 5 heteroatoms. The maximum atomic E-state index is 12.2. The van der Waals surface area contributed by atoms with Crippen LogP contribution in [0.4, 0.5) is 0 Å². The van der Waals surface area contributed by atoms with Gasteiger partial charge in [-0.1, -0.05) is 46.5 Å². The molecule has 0 radical (unpaired) electrons. The number of rotatable bonds is 3. The molecule has 18 heavy (non-hydrogen) atoms. The molecule has 0 spiro atoms. The van der Waals surface area contributed by atoms with E-state index in [9.17, 15) is 8.42 Å². The molecule has 1 fully saturated rings. The van der Waals surface area contributed by atoms with Gasteiger partial charge in [0.2, 0.25) is 10.0 Å². The minimum absolute atomic E-state index is 0.00468. The van der Waals surface area contributed by atoms with Crippen molar-refractivity contribution in [2.45, 2.75) is 48.4 Å². The summed E-state index contributed by atoms with van der Waals surface area (Å²) in [4.78, 5) is 0.588. The number of hydrogen-bond donors (Lipinski definition) is 1. The summed E-state index contributed by atoms with van der Waals surface area (Å²) in [5.74, 6) is 0. The van der Waals surface area contributed by atoms with Gasteiger partial charge in [-0.3, -0.25) is 0 Å². The topological polar surface area (TPSA) is 46.2 Å². The van der Waals surface area contributed by atoms with Crippen LogP contribution in [0.2, 0.25) is 0 Å². The van der Waals surface area contributed by atoms with Crippen molar-refractivity contribution in [3.8, 4) is 0 Å². The van der Waals surface area contributed by atoms with Crippen LogP contribution in [0.1, 0.15) is 31.2 Å². The molecule has 1 aliphatic carbocycles. The van der Waals surface area contributed by atoms with Crippen molar-refractivity contribution < 1.29 is 8.42 Å². The zero-order valence-electron chi connectivity index (χ0n) is 10.4. The molecule has 0 saturated heterocycles. The summed E-state index contributed by atoms with van der Waals surface area (Å²) in [6, 6.07) is 6.96. The van der Waals surface area contributed by atoms with E-state index in [1.54, 1.807) is 12.1 Å². The highest BCUT2D eigenvalue weighted by atomic mass is 79.9. The summed E-state index contributed by atoms with van der Waals surface area (Å²) in [7, 11) is -3.39. The third kappa shape index (κ3) is 3.33. The summed E-state index contributed by atoms with van der Waals surface area (Å²) in [6.07, 6.45) is 4.18. The van der Waals surface area contributed by atoms with Crippen molar-refractivity contribution in [3.63, 3.8) is 0 Å². The Morgan fingerprint density at radius 2 is 1.78 bits per heavy atom. The Bertz CT molecular complexity index is 498. The molecule has 100 valence electrons. The van der Waals surface area contributed by atoms with Crippen LogP contribution in [0, 0.1) is 6.92 Å². The molecule has 0 aromatic heterocycles. The van der Waals surface area contributed by atoms with Gasteiger partial charge in [-0.05, 0) is 31.9 Å². The van der Waals surface area contributed by atoms with Gasteiger partial charge in [0.15, 0.2) is 0 Å². The van der Waals surface area contributed by atoms with E-state index in [0.29, 0.717) is 4.90 Å². The van der Waals surface area contributed by atoms with Crippen LogP contribution in [0.5, 0.6) is 0 Å². The van der Waals surface area contributed by atoms with E-state index in [1.165, 1.54) is 6.42 Å². The minimum Gasteiger partial charge on any atom is -0.207 e. The van der Waals surface area contributed by atoms with Crippen molar-refractivity contribution in [2.24, 2.45) is 0 Å². The standard InChI is InChI=1S/C13H18BrNO2S/c1-10-6-8-11(9-7-10)18(16,17)15-13-5-3-2-4-12(13)14/h6-9,12-13,15H,2-5H2,1H3/t12-,13-/m1/s1. The molecule has 2 rings (SSSR count). The van der Waals surface area contributed by atoms with Crippen molar-refractivity contribution in [3.05, 3.63) is 29.8 Å². The quantitative estimate of drug-likeness (QED) is 0.865. The summed E-state index contributed by atoms with van der Waals surface area (Å²) in [5.41, 5.74) is 1.06. The van der Waals surface area contributed by atoms with Gasteiger partial charge in [-0.2, -0.15) is 0 Å². The van der Waals surface area contributed by atoms with Crippen molar-refractivity contribution in [2.75, 3.05) is 0 Å². The average molecular weight is 332 g/mol. The molecule has 0 amide bonds. The smallest absolute Gasteiger partial charge is 0.207 e. The average Bonchev–Trinajstić information content (AvgIpc) is 2.32. The van der Waals surface area contributed by atoms with Crippen LogP contribution < -0.4 is 4.72 Å². The Labute approximate surface area is 117 Å².